The molecule has 0 aliphatic heterocycles. The predicted octanol–water partition coefficient (Wildman–Crippen LogP) is 2.75. The average molecular weight is 419 g/mol. The van der Waals surface area contributed by atoms with Crippen molar-refractivity contribution in [3.05, 3.63) is 65.7 Å². The van der Waals surface area contributed by atoms with Gasteiger partial charge in [-0.1, -0.05) is 44.2 Å². The van der Waals surface area contributed by atoms with Crippen LogP contribution in [0.2, 0.25) is 0 Å². The number of rotatable bonds is 9. The summed E-state index contributed by atoms with van der Waals surface area (Å²) < 4.78 is 31.3. The largest absolute Gasteiger partial charge is 0.452 e. The lowest BCUT2D eigenvalue weighted by Gasteiger charge is -2.18. The molecule has 1 atom stereocenters. The van der Waals surface area contributed by atoms with Crippen molar-refractivity contribution in [1.29, 1.82) is 0 Å². The minimum absolute atomic E-state index is 0.104. The molecule has 0 aromatic heterocycles. The summed E-state index contributed by atoms with van der Waals surface area (Å²) in [7, 11) is -3.59. The monoisotopic (exact) mass is 418 g/mol. The fourth-order valence-electron chi connectivity index (χ4n) is 2.80. The maximum Gasteiger partial charge on any atom is 0.338 e. The third-order valence-corrected chi connectivity index (χ3v) is 6.51. The molecule has 0 spiro atoms. The second kappa shape index (κ2) is 10.2. The fraction of sp³-hybridized carbons (Fsp3) is 0.333. The molecule has 0 radical (unpaired) electrons. The Kier molecular flexibility index (Phi) is 7.92. The number of nitrogens with zero attached hydrogens (tertiary/aromatic N) is 1. The number of hydrogen-bond acceptors (Lipinski definition) is 5. The number of benzene rings is 2. The highest BCUT2D eigenvalue weighted by Crippen LogP contribution is 2.17. The van der Waals surface area contributed by atoms with Crippen LogP contribution in [-0.4, -0.2) is 44.3 Å². The second-order valence-corrected chi connectivity index (χ2v) is 8.33. The Morgan fingerprint density at radius 1 is 1.00 bits per heavy atom. The number of nitrogens with one attached hydrogen (secondary N) is 1. The van der Waals surface area contributed by atoms with Gasteiger partial charge in [-0.2, -0.15) is 4.31 Å². The molecule has 0 saturated heterocycles. The quantitative estimate of drug-likeness (QED) is 0.632. The van der Waals surface area contributed by atoms with Crippen molar-refractivity contribution in [3.8, 4) is 0 Å². The molecule has 0 heterocycles. The number of amides is 1. The lowest BCUT2D eigenvalue weighted by atomic mass is 10.1. The molecule has 0 bridgehead atoms. The van der Waals surface area contributed by atoms with Gasteiger partial charge in [0.15, 0.2) is 6.61 Å². The van der Waals surface area contributed by atoms with E-state index in [4.69, 9.17) is 4.74 Å². The number of sulfonamides is 1. The van der Waals surface area contributed by atoms with Crippen LogP contribution in [0, 0.1) is 0 Å². The van der Waals surface area contributed by atoms with Crippen molar-refractivity contribution >= 4 is 21.9 Å². The van der Waals surface area contributed by atoms with Crippen LogP contribution in [0.3, 0.4) is 0 Å². The molecule has 156 valence electrons. The summed E-state index contributed by atoms with van der Waals surface area (Å²) in [5.41, 5.74) is 1.12. The lowest BCUT2D eigenvalue weighted by Crippen LogP contribution is -2.31. The predicted molar refractivity (Wildman–Crippen MR) is 110 cm³/mol. The smallest absolute Gasteiger partial charge is 0.338 e. The van der Waals surface area contributed by atoms with Gasteiger partial charge in [-0.15, -0.1) is 0 Å². The minimum atomic E-state index is -3.59. The average Bonchev–Trinajstić information content (AvgIpc) is 2.73. The molecule has 1 amide bonds. The van der Waals surface area contributed by atoms with Crippen LogP contribution >= 0.6 is 0 Å². The van der Waals surface area contributed by atoms with E-state index in [1.807, 2.05) is 37.3 Å². The Morgan fingerprint density at radius 2 is 1.59 bits per heavy atom. The van der Waals surface area contributed by atoms with E-state index in [0.29, 0.717) is 13.1 Å². The standard InChI is InChI=1S/C21H26N2O5S/c1-4-23(5-2)29(26,27)19-13-11-18(12-14-19)21(25)28-15-20(24)22-16(3)17-9-7-6-8-10-17/h6-14,16H,4-5,15H2,1-3H3,(H,22,24)/t16-/m0/s1. The zero-order valence-electron chi connectivity index (χ0n) is 16.8. The molecule has 0 unspecified atom stereocenters. The van der Waals surface area contributed by atoms with E-state index in [2.05, 4.69) is 5.32 Å². The molecular formula is C21H26N2O5S. The third-order valence-electron chi connectivity index (χ3n) is 4.44. The van der Waals surface area contributed by atoms with Crippen LogP contribution in [0.5, 0.6) is 0 Å². The summed E-state index contributed by atoms with van der Waals surface area (Å²) in [6.07, 6.45) is 0. The number of carbonyl (C=O) groups is 2. The number of ether oxygens (including phenoxy) is 1. The van der Waals surface area contributed by atoms with E-state index < -0.39 is 28.5 Å². The van der Waals surface area contributed by atoms with Crippen molar-refractivity contribution in [1.82, 2.24) is 9.62 Å². The van der Waals surface area contributed by atoms with Gasteiger partial charge in [0.25, 0.3) is 5.91 Å². The lowest BCUT2D eigenvalue weighted by molar-refractivity contribution is -0.124. The summed E-state index contributed by atoms with van der Waals surface area (Å²) in [4.78, 5) is 24.3. The van der Waals surface area contributed by atoms with E-state index in [-0.39, 0.29) is 16.5 Å². The topological polar surface area (TPSA) is 92.8 Å². The van der Waals surface area contributed by atoms with Gasteiger partial charge in [-0.05, 0) is 36.8 Å². The van der Waals surface area contributed by atoms with Crippen LogP contribution in [0.4, 0.5) is 0 Å². The van der Waals surface area contributed by atoms with Gasteiger partial charge in [-0.25, -0.2) is 13.2 Å². The first-order valence-corrected chi connectivity index (χ1v) is 10.8. The first-order chi connectivity index (χ1) is 13.8. The van der Waals surface area contributed by atoms with Crippen LogP contribution in [0.25, 0.3) is 0 Å². The molecule has 0 fully saturated rings. The summed E-state index contributed by atoms with van der Waals surface area (Å²) in [6.45, 7) is 5.66. The van der Waals surface area contributed by atoms with Crippen molar-refractivity contribution in [2.45, 2.75) is 31.7 Å². The third kappa shape index (κ3) is 5.88. The van der Waals surface area contributed by atoms with Crippen molar-refractivity contribution < 1.29 is 22.7 Å². The van der Waals surface area contributed by atoms with E-state index in [1.54, 1.807) is 13.8 Å². The molecule has 0 saturated carbocycles. The normalized spacial score (nSPS) is 12.4. The second-order valence-electron chi connectivity index (χ2n) is 6.39. The van der Waals surface area contributed by atoms with Gasteiger partial charge in [0.2, 0.25) is 10.0 Å². The van der Waals surface area contributed by atoms with Gasteiger partial charge in [0.1, 0.15) is 0 Å². The van der Waals surface area contributed by atoms with Crippen molar-refractivity contribution in [3.63, 3.8) is 0 Å². The van der Waals surface area contributed by atoms with Gasteiger partial charge in [0.05, 0.1) is 16.5 Å². The van der Waals surface area contributed by atoms with Crippen LogP contribution in [0.1, 0.15) is 42.7 Å². The van der Waals surface area contributed by atoms with Gasteiger partial charge in [-0.3, -0.25) is 4.79 Å². The minimum Gasteiger partial charge on any atom is -0.452 e. The molecule has 7 nitrogen and oxygen atoms in total. The zero-order valence-corrected chi connectivity index (χ0v) is 17.6. The number of hydrogen-bond donors (Lipinski definition) is 1. The highest BCUT2D eigenvalue weighted by atomic mass is 32.2. The Hall–Kier alpha value is -2.71. The first-order valence-electron chi connectivity index (χ1n) is 9.41. The van der Waals surface area contributed by atoms with Gasteiger partial charge in [0, 0.05) is 13.1 Å². The number of carbonyl (C=O) groups excluding carboxylic acids is 2. The van der Waals surface area contributed by atoms with E-state index >= 15 is 0 Å². The Labute approximate surface area is 171 Å². The molecule has 0 aliphatic rings. The maximum atomic E-state index is 12.5. The van der Waals surface area contributed by atoms with E-state index in [1.165, 1.54) is 28.6 Å². The molecule has 29 heavy (non-hydrogen) atoms. The Balaban J connectivity index is 1.93. The Bertz CT molecular complexity index is 923. The highest BCUT2D eigenvalue weighted by Gasteiger charge is 2.22. The van der Waals surface area contributed by atoms with Gasteiger partial charge >= 0.3 is 5.97 Å². The van der Waals surface area contributed by atoms with E-state index in [0.717, 1.165) is 5.56 Å². The molecule has 1 N–H and O–H groups in total. The highest BCUT2D eigenvalue weighted by molar-refractivity contribution is 7.89. The molecular weight excluding hydrogens is 392 g/mol. The summed E-state index contributed by atoms with van der Waals surface area (Å²) in [5.74, 6) is -1.12. The molecule has 2 rings (SSSR count). The summed E-state index contributed by atoms with van der Waals surface area (Å²) in [5, 5.41) is 2.76. The first kappa shape index (κ1) is 22.6. The molecule has 0 aliphatic carbocycles. The van der Waals surface area contributed by atoms with Crippen molar-refractivity contribution in [2.24, 2.45) is 0 Å². The fourth-order valence-corrected chi connectivity index (χ4v) is 4.26. The molecule has 8 heteroatoms. The SMILES string of the molecule is CCN(CC)S(=O)(=O)c1ccc(C(=O)OCC(=O)N[C@@H](C)c2ccccc2)cc1. The Morgan fingerprint density at radius 3 is 2.14 bits per heavy atom. The van der Waals surface area contributed by atoms with E-state index in [9.17, 15) is 18.0 Å². The zero-order chi connectivity index (χ0) is 21.4. The van der Waals surface area contributed by atoms with Crippen LogP contribution in [0.15, 0.2) is 59.5 Å². The maximum absolute atomic E-state index is 12.5. The van der Waals surface area contributed by atoms with Crippen molar-refractivity contribution in [2.75, 3.05) is 19.7 Å². The van der Waals surface area contributed by atoms with Crippen LogP contribution < -0.4 is 5.32 Å². The van der Waals surface area contributed by atoms with Gasteiger partial charge < -0.3 is 10.1 Å². The molecule has 2 aromatic rings. The summed E-state index contributed by atoms with van der Waals surface area (Å²) >= 11 is 0. The molecule has 2 aromatic carbocycles. The van der Waals surface area contributed by atoms with Crippen LogP contribution in [-0.2, 0) is 19.6 Å². The summed E-state index contributed by atoms with van der Waals surface area (Å²) in [6, 6.07) is 14.7. The number of esters is 1.